The van der Waals surface area contributed by atoms with Gasteiger partial charge >= 0.3 is 0 Å². The third kappa shape index (κ3) is 7.32. The molecule has 0 rings (SSSR count). The van der Waals surface area contributed by atoms with Gasteiger partial charge in [-0.3, -0.25) is 0 Å². The van der Waals surface area contributed by atoms with E-state index in [9.17, 15) is 0 Å². The van der Waals surface area contributed by atoms with Crippen molar-refractivity contribution in [3.05, 3.63) is 66.9 Å². The Morgan fingerprint density at radius 1 is 1.50 bits per heavy atom. The van der Waals surface area contributed by atoms with Crippen molar-refractivity contribution in [2.75, 3.05) is 0 Å². The maximum absolute atomic E-state index is 4.10. The highest BCUT2D eigenvalue weighted by atomic mass is 15.1. The van der Waals surface area contributed by atoms with Crippen LogP contribution in [0.5, 0.6) is 0 Å². The lowest BCUT2D eigenvalue weighted by Crippen LogP contribution is -1.95. The summed E-state index contributed by atoms with van der Waals surface area (Å²) in [6, 6.07) is 0.0439. The highest BCUT2D eigenvalue weighted by Crippen LogP contribution is 2.03. The van der Waals surface area contributed by atoms with E-state index in [0.29, 0.717) is 5.70 Å². The zero-order valence-electron chi connectivity index (χ0n) is 9.61. The van der Waals surface area contributed by atoms with Gasteiger partial charge in [-0.1, -0.05) is 43.7 Å². The molecule has 0 saturated carbocycles. The average Bonchev–Trinajstić information content (AvgIpc) is 2.32. The minimum Gasteiger partial charge on any atom is -0.181 e. The maximum Gasteiger partial charge on any atom is 0.0893 e. The minimum absolute atomic E-state index is 0.0439. The quantitative estimate of drug-likeness (QED) is 0.359. The van der Waals surface area contributed by atoms with Crippen LogP contribution in [0.2, 0.25) is 0 Å². The molecule has 0 aromatic carbocycles. The van der Waals surface area contributed by atoms with Gasteiger partial charge in [-0.2, -0.15) is 10.2 Å². The van der Waals surface area contributed by atoms with E-state index < -0.39 is 0 Å². The van der Waals surface area contributed by atoms with E-state index in [4.69, 9.17) is 0 Å². The molecule has 0 bridgehead atoms. The summed E-state index contributed by atoms with van der Waals surface area (Å²) in [6.07, 6.45) is 7.93. The molecule has 0 fully saturated rings. The third-order valence-electron chi connectivity index (χ3n) is 1.66. The molecule has 0 N–H and O–H groups in total. The van der Waals surface area contributed by atoms with E-state index in [0.717, 1.165) is 6.42 Å². The number of rotatable bonds is 6. The molecule has 0 saturated heterocycles. The molecule has 0 aliphatic rings. The van der Waals surface area contributed by atoms with Crippen LogP contribution in [0.25, 0.3) is 0 Å². The van der Waals surface area contributed by atoms with Crippen molar-refractivity contribution >= 4 is 0 Å². The lowest BCUT2D eigenvalue weighted by atomic mass is 10.2. The molecule has 0 aliphatic heterocycles. The standard InChI is InChI=1S/C14H16N2/c1-5-8-9-10-11-12-14(7-3)16-15-13(4)6-2/h6,10-12,14H,1-2,4,7H2,3H3/b12-11-,16-15?. The molecule has 1 atom stereocenters. The molecular weight excluding hydrogens is 196 g/mol. The predicted molar refractivity (Wildman–Crippen MR) is 68.1 cm³/mol. The van der Waals surface area contributed by atoms with Crippen LogP contribution >= 0.6 is 0 Å². The molecule has 0 spiro atoms. The molecule has 0 heterocycles. The van der Waals surface area contributed by atoms with Crippen molar-refractivity contribution in [2.24, 2.45) is 10.2 Å². The van der Waals surface area contributed by atoms with Crippen LogP contribution in [-0.2, 0) is 0 Å². The Morgan fingerprint density at radius 3 is 2.81 bits per heavy atom. The van der Waals surface area contributed by atoms with Gasteiger partial charge in [-0.25, -0.2) is 0 Å². The minimum atomic E-state index is 0.0439. The highest BCUT2D eigenvalue weighted by molar-refractivity contribution is 5.09. The number of allylic oxidation sites excluding steroid dienone is 3. The fraction of sp³-hybridized carbons (Fsp3) is 0.214. The highest BCUT2D eigenvalue weighted by Gasteiger charge is 1.96. The summed E-state index contributed by atoms with van der Waals surface area (Å²) in [6.45, 7) is 12.6. The van der Waals surface area contributed by atoms with Gasteiger partial charge in [0, 0.05) is 0 Å². The number of hydrogen-bond acceptors (Lipinski definition) is 2. The van der Waals surface area contributed by atoms with E-state index in [2.05, 4.69) is 47.2 Å². The Hall–Kier alpha value is -2.10. The molecule has 82 valence electrons. The van der Waals surface area contributed by atoms with Gasteiger partial charge in [0.25, 0.3) is 0 Å². The summed E-state index contributed by atoms with van der Waals surface area (Å²) in [5, 5.41) is 8.02. The normalized spacial score (nSPS) is 11.6. The first-order valence-corrected chi connectivity index (χ1v) is 4.99. The van der Waals surface area contributed by atoms with Crippen molar-refractivity contribution in [3.63, 3.8) is 0 Å². The fourth-order valence-electron chi connectivity index (χ4n) is 0.770. The SMILES string of the molecule is C=C=C=C=C/C=C\C(CC)N=NC(=C)C=C. The largest absolute Gasteiger partial charge is 0.181 e. The molecule has 2 nitrogen and oxygen atoms in total. The number of nitrogens with zero attached hydrogens (tertiary/aromatic N) is 2. The smallest absolute Gasteiger partial charge is 0.0893 e. The molecule has 0 amide bonds. The van der Waals surface area contributed by atoms with Crippen molar-refractivity contribution in [1.82, 2.24) is 0 Å². The summed E-state index contributed by atoms with van der Waals surface area (Å²) in [4.78, 5) is 0. The van der Waals surface area contributed by atoms with Crippen molar-refractivity contribution < 1.29 is 0 Å². The molecule has 1 unspecified atom stereocenters. The van der Waals surface area contributed by atoms with Crippen LogP contribution in [0, 0.1) is 0 Å². The third-order valence-corrected chi connectivity index (χ3v) is 1.66. The Balaban J connectivity index is 4.47. The topological polar surface area (TPSA) is 24.7 Å². The van der Waals surface area contributed by atoms with E-state index in [1.165, 1.54) is 0 Å². The summed E-state index contributed by atoms with van der Waals surface area (Å²) < 4.78 is 0. The zero-order chi connectivity index (χ0) is 12.2. The van der Waals surface area contributed by atoms with Crippen LogP contribution in [0.4, 0.5) is 0 Å². The Bertz CT molecular complexity index is 408. The van der Waals surface area contributed by atoms with Crippen LogP contribution < -0.4 is 0 Å². The molecule has 0 radical (unpaired) electrons. The van der Waals surface area contributed by atoms with E-state index in [1.54, 1.807) is 12.2 Å². The molecule has 0 aromatic heterocycles. The monoisotopic (exact) mass is 212 g/mol. The van der Waals surface area contributed by atoms with Crippen LogP contribution in [-0.4, -0.2) is 6.04 Å². The predicted octanol–water partition coefficient (Wildman–Crippen LogP) is 4.12. The van der Waals surface area contributed by atoms with Gasteiger partial charge in [0.05, 0.1) is 11.7 Å². The molecule has 16 heavy (non-hydrogen) atoms. The maximum atomic E-state index is 4.10. The second-order valence-electron chi connectivity index (χ2n) is 2.88. The van der Waals surface area contributed by atoms with Crippen molar-refractivity contribution in [2.45, 2.75) is 19.4 Å². The zero-order valence-corrected chi connectivity index (χ0v) is 9.61. The fourth-order valence-corrected chi connectivity index (χ4v) is 0.770. The lowest BCUT2D eigenvalue weighted by Gasteiger charge is -1.99. The van der Waals surface area contributed by atoms with E-state index >= 15 is 0 Å². The van der Waals surface area contributed by atoms with Crippen LogP contribution in [0.15, 0.2) is 77.2 Å². The van der Waals surface area contributed by atoms with Gasteiger partial charge in [0.1, 0.15) is 0 Å². The number of azo groups is 1. The van der Waals surface area contributed by atoms with Crippen LogP contribution in [0.1, 0.15) is 13.3 Å². The van der Waals surface area contributed by atoms with Crippen molar-refractivity contribution in [3.8, 4) is 0 Å². The summed E-state index contributed by atoms with van der Waals surface area (Å²) in [5.74, 6) is 0. The van der Waals surface area contributed by atoms with Gasteiger partial charge in [0.15, 0.2) is 0 Å². The van der Waals surface area contributed by atoms with Gasteiger partial charge < -0.3 is 0 Å². The van der Waals surface area contributed by atoms with Gasteiger partial charge in [-0.15, -0.1) is 0 Å². The molecule has 2 heteroatoms. The van der Waals surface area contributed by atoms with E-state index in [1.807, 2.05) is 19.1 Å². The first kappa shape index (κ1) is 13.9. The average molecular weight is 212 g/mol. The summed E-state index contributed by atoms with van der Waals surface area (Å²) in [5.41, 5.74) is 8.39. The Labute approximate surface area is 97.1 Å². The first-order chi connectivity index (χ1) is 7.74. The molecular formula is C14H16N2. The lowest BCUT2D eigenvalue weighted by molar-refractivity contribution is 0.736. The molecule has 0 aliphatic carbocycles. The van der Waals surface area contributed by atoms with E-state index in [-0.39, 0.29) is 6.04 Å². The van der Waals surface area contributed by atoms with Gasteiger partial charge in [-0.05, 0) is 30.9 Å². The number of hydrogen-bond donors (Lipinski definition) is 0. The first-order valence-electron chi connectivity index (χ1n) is 4.99. The van der Waals surface area contributed by atoms with Gasteiger partial charge in [0.2, 0.25) is 0 Å². The summed E-state index contributed by atoms with van der Waals surface area (Å²) >= 11 is 0. The van der Waals surface area contributed by atoms with Crippen LogP contribution in [0.3, 0.4) is 0 Å². The summed E-state index contributed by atoms with van der Waals surface area (Å²) in [7, 11) is 0. The second-order valence-corrected chi connectivity index (χ2v) is 2.88. The molecule has 0 aromatic rings. The van der Waals surface area contributed by atoms with Crippen molar-refractivity contribution in [1.29, 1.82) is 0 Å². The Morgan fingerprint density at radius 2 is 2.25 bits per heavy atom. The second kappa shape index (κ2) is 9.45. The Kier molecular flexibility index (Phi) is 8.21.